The van der Waals surface area contributed by atoms with Gasteiger partial charge in [-0.15, -0.1) is 0 Å². The Morgan fingerprint density at radius 1 is 1.08 bits per heavy atom. The minimum atomic E-state index is -0.264. The fourth-order valence-electron chi connectivity index (χ4n) is 2.33. The molecule has 7 heteroatoms. The van der Waals surface area contributed by atoms with E-state index in [4.69, 9.17) is 0 Å². The highest BCUT2D eigenvalue weighted by Crippen LogP contribution is 2.21. The second kappa shape index (κ2) is 8.35. The summed E-state index contributed by atoms with van der Waals surface area (Å²) in [5.74, 6) is 0.784. The Morgan fingerprint density at radius 2 is 1.81 bits per heavy atom. The van der Waals surface area contributed by atoms with Crippen LogP contribution in [0.4, 0.5) is 16.2 Å². The zero-order valence-electron chi connectivity index (χ0n) is 14.4. The fraction of sp³-hybridized carbons (Fsp3) is 0.211. The molecule has 0 aliphatic rings. The maximum absolute atomic E-state index is 13.0. The number of hydrogen-bond donors (Lipinski definition) is 3. The van der Waals surface area contributed by atoms with Gasteiger partial charge >= 0.3 is 0 Å². The molecule has 2 heterocycles. The van der Waals surface area contributed by atoms with Crippen molar-refractivity contribution in [3.63, 3.8) is 0 Å². The average molecular weight is 353 g/mol. The summed E-state index contributed by atoms with van der Waals surface area (Å²) in [6.07, 6.45) is 3.40. The molecule has 0 bridgehead atoms. The van der Waals surface area contributed by atoms with Gasteiger partial charge in [0.2, 0.25) is 5.95 Å². The van der Waals surface area contributed by atoms with Gasteiger partial charge in [0.25, 0.3) is 0 Å². The van der Waals surface area contributed by atoms with Gasteiger partial charge in [0.1, 0.15) is 11.6 Å². The summed E-state index contributed by atoms with van der Waals surface area (Å²) < 4.78 is 13.0. The van der Waals surface area contributed by atoms with Crippen molar-refractivity contribution in [2.75, 3.05) is 17.2 Å². The molecule has 2 aromatic heterocycles. The van der Waals surface area contributed by atoms with E-state index in [1.807, 2.05) is 25.1 Å². The summed E-state index contributed by atoms with van der Waals surface area (Å²) in [5.41, 5.74) is 2.58. The molecule has 134 valence electrons. The average Bonchev–Trinajstić information content (AvgIpc) is 2.68. The van der Waals surface area contributed by atoms with Crippen molar-refractivity contribution in [1.82, 2.24) is 15.0 Å². The van der Waals surface area contributed by atoms with Gasteiger partial charge in [0, 0.05) is 36.6 Å². The van der Waals surface area contributed by atoms with E-state index in [1.54, 1.807) is 24.5 Å². The van der Waals surface area contributed by atoms with E-state index in [-0.39, 0.29) is 18.5 Å². The molecule has 3 aromatic rings. The number of pyridine rings is 1. The summed E-state index contributed by atoms with van der Waals surface area (Å²) >= 11 is 0. The molecule has 26 heavy (non-hydrogen) atoms. The SMILES string of the molecule is C[C@@H](CO)Nc1nc(NCc2ccc(F)cc2)cc(-c2ccncc2)n1. The minimum Gasteiger partial charge on any atom is -0.394 e. The van der Waals surface area contributed by atoms with Crippen molar-refractivity contribution in [3.05, 3.63) is 66.2 Å². The van der Waals surface area contributed by atoms with Crippen molar-refractivity contribution < 1.29 is 9.50 Å². The van der Waals surface area contributed by atoms with E-state index in [0.717, 1.165) is 16.8 Å². The molecular formula is C19H20FN5O. The number of aliphatic hydroxyl groups excluding tert-OH is 1. The van der Waals surface area contributed by atoms with E-state index < -0.39 is 0 Å². The molecule has 0 fully saturated rings. The molecule has 3 rings (SSSR count). The third-order valence-corrected chi connectivity index (χ3v) is 3.74. The highest BCUT2D eigenvalue weighted by Gasteiger charge is 2.09. The Hall–Kier alpha value is -3.06. The number of halogens is 1. The first-order chi connectivity index (χ1) is 12.6. The maximum Gasteiger partial charge on any atom is 0.225 e. The van der Waals surface area contributed by atoms with Crippen molar-refractivity contribution in [1.29, 1.82) is 0 Å². The van der Waals surface area contributed by atoms with E-state index in [1.165, 1.54) is 12.1 Å². The van der Waals surface area contributed by atoms with Crippen molar-refractivity contribution in [3.8, 4) is 11.3 Å². The molecule has 0 spiro atoms. The van der Waals surface area contributed by atoms with Gasteiger partial charge in [-0.25, -0.2) is 9.37 Å². The summed E-state index contributed by atoms with van der Waals surface area (Å²) in [6, 6.07) is 11.7. The largest absolute Gasteiger partial charge is 0.394 e. The fourth-order valence-corrected chi connectivity index (χ4v) is 2.33. The lowest BCUT2D eigenvalue weighted by molar-refractivity contribution is 0.281. The molecule has 1 aromatic carbocycles. The van der Waals surface area contributed by atoms with Gasteiger partial charge in [0.15, 0.2) is 0 Å². The monoisotopic (exact) mass is 353 g/mol. The van der Waals surface area contributed by atoms with E-state index >= 15 is 0 Å². The number of benzene rings is 1. The van der Waals surface area contributed by atoms with Gasteiger partial charge in [-0.1, -0.05) is 12.1 Å². The molecule has 0 radical (unpaired) electrons. The molecule has 0 amide bonds. The Bertz CT molecular complexity index is 842. The maximum atomic E-state index is 13.0. The van der Waals surface area contributed by atoms with Crippen LogP contribution in [0.1, 0.15) is 12.5 Å². The van der Waals surface area contributed by atoms with Crippen LogP contribution in [0.25, 0.3) is 11.3 Å². The van der Waals surface area contributed by atoms with Crippen LogP contribution in [-0.2, 0) is 6.54 Å². The van der Waals surface area contributed by atoms with Gasteiger partial charge < -0.3 is 15.7 Å². The van der Waals surface area contributed by atoms with Crippen LogP contribution in [0.5, 0.6) is 0 Å². The Kier molecular flexibility index (Phi) is 5.70. The first-order valence-corrected chi connectivity index (χ1v) is 8.29. The summed E-state index contributed by atoms with van der Waals surface area (Å²) in [4.78, 5) is 13.0. The van der Waals surface area contributed by atoms with Crippen LogP contribution in [0.2, 0.25) is 0 Å². The lowest BCUT2D eigenvalue weighted by Gasteiger charge is -2.14. The highest BCUT2D eigenvalue weighted by atomic mass is 19.1. The highest BCUT2D eigenvalue weighted by molar-refractivity contribution is 5.64. The minimum absolute atomic E-state index is 0.0266. The quantitative estimate of drug-likeness (QED) is 0.605. The Labute approximate surface area is 151 Å². The molecule has 0 unspecified atom stereocenters. The molecule has 3 N–H and O–H groups in total. The van der Waals surface area contributed by atoms with Gasteiger partial charge in [-0.05, 0) is 36.8 Å². The topological polar surface area (TPSA) is 83.0 Å². The number of aromatic nitrogens is 3. The van der Waals surface area contributed by atoms with Crippen LogP contribution >= 0.6 is 0 Å². The van der Waals surface area contributed by atoms with Crippen LogP contribution in [-0.4, -0.2) is 32.7 Å². The normalized spacial score (nSPS) is 11.8. The molecule has 0 aliphatic heterocycles. The van der Waals surface area contributed by atoms with E-state index in [9.17, 15) is 9.50 Å². The lowest BCUT2D eigenvalue weighted by atomic mass is 10.2. The molecule has 0 aliphatic carbocycles. The van der Waals surface area contributed by atoms with Gasteiger partial charge in [0.05, 0.1) is 12.3 Å². The first-order valence-electron chi connectivity index (χ1n) is 8.29. The number of anilines is 2. The molecular weight excluding hydrogens is 333 g/mol. The molecule has 1 atom stereocenters. The molecule has 0 saturated heterocycles. The van der Waals surface area contributed by atoms with Gasteiger partial charge in [-0.2, -0.15) is 4.98 Å². The van der Waals surface area contributed by atoms with Crippen LogP contribution < -0.4 is 10.6 Å². The van der Waals surface area contributed by atoms with Gasteiger partial charge in [-0.3, -0.25) is 4.98 Å². The smallest absolute Gasteiger partial charge is 0.225 e. The van der Waals surface area contributed by atoms with Crippen molar-refractivity contribution in [2.45, 2.75) is 19.5 Å². The zero-order chi connectivity index (χ0) is 18.4. The predicted octanol–water partition coefficient (Wildman–Crippen LogP) is 3.08. The van der Waals surface area contributed by atoms with Crippen molar-refractivity contribution in [2.24, 2.45) is 0 Å². The van der Waals surface area contributed by atoms with E-state index in [0.29, 0.717) is 18.3 Å². The van der Waals surface area contributed by atoms with Crippen molar-refractivity contribution >= 4 is 11.8 Å². The number of nitrogens with one attached hydrogen (secondary N) is 2. The summed E-state index contributed by atoms with van der Waals surface area (Å²) in [6.45, 7) is 2.32. The third kappa shape index (κ3) is 4.73. The third-order valence-electron chi connectivity index (χ3n) is 3.74. The number of hydrogen-bond acceptors (Lipinski definition) is 6. The summed E-state index contributed by atoms with van der Waals surface area (Å²) in [7, 11) is 0. The van der Waals surface area contributed by atoms with E-state index in [2.05, 4.69) is 25.6 Å². The zero-order valence-corrected chi connectivity index (χ0v) is 14.4. The lowest BCUT2D eigenvalue weighted by Crippen LogP contribution is -2.21. The standard InChI is InChI=1S/C19H20FN5O/c1-13(12-26)23-19-24-17(15-6-8-21-9-7-15)10-18(25-19)22-11-14-2-4-16(20)5-3-14/h2-10,13,26H,11-12H2,1H3,(H2,22,23,24,25)/t13-/m0/s1. The van der Waals surface area contributed by atoms with Crippen LogP contribution in [0.15, 0.2) is 54.9 Å². The second-order valence-corrected chi connectivity index (χ2v) is 5.91. The molecule has 6 nitrogen and oxygen atoms in total. The Morgan fingerprint density at radius 3 is 2.50 bits per heavy atom. The Balaban J connectivity index is 1.85. The second-order valence-electron chi connectivity index (χ2n) is 5.91. The summed E-state index contributed by atoms with van der Waals surface area (Å²) in [5, 5.41) is 15.6. The molecule has 0 saturated carbocycles. The number of rotatable bonds is 7. The number of aliphatic hydroxyl groups is 1. The predicted molar refractivity (Wildman–Crippen MR) is 99.2 cm³/mol. The van der Waals surface area contributed by atoms with Crippen LogP contribution in [0, 0.1) is 5.82 Å². The first kappa shape index (κ1) is 17.8. The van der Waals surface area contributed by atoms with Crippen LogP contribution in [0.3, 0.4) is 0 Å². The number of nitrogens with zero attached hydrogens (tertiary/aromatic N) is 3.